The van der Waals surface area contributed by atoms with Crippen molar-refractivity contribution >= 4 is 22.6 Å². The van der Waals surface area contributed by atoms with Gasteiger partial charge in [-0.05, 0) is 61.6 Å². The van der Waals surface area contributed by atoms with Crippen LogP contribution in [0, 0.1) is 13.8 Å². The summed E-state index contributed by atoms with van der Waals surface area (Å²) in [6, 6.07) is 11.2. The monoisotopic (exact) mass is 378 g/mol. The predicted molar refractivity (Wildman–Crippen MR) is 114 cm³/mol. The van der Waals surface area contributed by atoms with Crippen molar-refractivity contribution in [2.45, 2.75) is 38.8 Å². The molecule has 0 saturated carbocycles. The summed E-state index contributed by atoms with van der Waals surface area (Å²) in [6.07, 6.45) is 4.51. The van der Waals surface area contributed by atoms with Gasteiger partial charge in [-0.15, -0.1) is 0 Å². The Hall–Kier alpha value is -2.01. The van der Waals surface area contributed by atoms with Gasteiger partial charge in [0.25, 0.3) is 0 Å². The Morgan fingerprint density at radius 2 is 1.85 bits per heavy atom. The number of fused-ring (bicyclic) bond motifs is 1. The van der Waals surface area contributed by atoms with E-state index in [-0.39, 0.29) is 12.1 Å². The van der Waals surface area contributed by atoms with Crippen molar-refractivity contribution in [1.82, 2.24) is 9.88 Å². The molecule has 2 atom stereocenters. The number of hydrogen-bond acceptors (Lipinski definition) is 5. The summed E-state index contributed by atoms with van der Waals surface area (Å²) in [4.78, 5) is 14.8. The number of pyridine rings is 1. The Balaban J connectivity index is 1.56. The SMILES string of the molecule is Cc1c([C@H]2[C@@H](c3ccccn3)N=C3SCCN32)ccc(N2CCCC2)c1C. The predicted octanol–water partition coefficient (Wildman–Crippen LogP) is 4.50. The molecule has 3 aliphatic heterocycles. The minimum Gasteiger partial charge on any atom is -0.371 e. The molecule has 0 amide bonds. The molecule has 0 spiro atoms. The molecule has 1 aromatic heterocycles. The second kappa shape index (κ2) is 6.86. The minimum absolute atomic E-state index is 0.0877. The topological polar surface area (TPSA) is 31.7 Å². The molecule has 5 heteroatoms. The highest BCUT2D eigenvalue weighted by atomic mass is 32.2. The van der Waals surface area contributed by atoms with Crippen molar-refractivity contribution < 1.29 is 0 Å². The van der Waals surface area contributed by atoms with E-state index in [2.05, 4.69) is 52.9 Å². The lowest BCUT2D eigenvalue weighted by atomic mass is 9.90. The Labute approximate surface area is 165 Å². The van der Waals surface area contributed by atoms with E-state index in [1.54, 1.807) is 0 Å². The quantitative estimate of drug-likeness (QED) is 0.787. The molecular formula is C22H26N4S. The van der Waals surface area contributed by atoms with Crippen LogP contribution in [0.3, 0.4) is 0 Å². The zero-order valence-corrected chi connectivity index (χ0v) is 16.9. The molecule has 0 aliphatic carbocycles. The van der Waals surface area contributed by atoms with Crippen LogP contribution in [0.25, 0.3) is 0 Å². The first-order valence-corrected chi connectivity index (χ1v) is 11.0. The molecule has 0 bridgehead atoms. The van der Waals surface area contributed by atoms with Crippen LogP contribution in [0.2, 0.25) is 0 Å². The van der Waals surface area contributed by atoms with E-state index in [0.717, 1.165) is 18.0 Å². The highest BCUT2D eigenvalue weighted by Gasteiger charge is 2.42. The van der Waals surface area contributed by atoms with Crippen molar-refractivity contribution in [2.24, 2.45) is 4.99 Å². The van der Waals surface area contributed by atoms with Gasteiger partial charge in [0.05, 0.1) is 11.7 Å². The first-order valence-electron chi connectivity index (χ1n) is 9.97. The molecule has 0 radical (unpaired) electrons. The number of aromatic nitrogens is 1. The van der Waals surface area contributed by atoms with Crippen LogP contribution in [0.5, 0.6) is 0 Å². The molecule has 2 aromatic rings. The highest BCUT2D eigenvalue weighted by molar-refractivity contribution is 8.14. The number of hydrogen-bond donors (Lipinski definition) is 0. The average Bonchev–Trinajstić information content (AvgIpc) is 3.42. The standard InChI is InChI=1S/C22H26N4S/c1-15-16(2)19(25-11-5-6-12-25)9-8-17(15)21-20(18-7-3-4-10-23-18)24-22-26(21)13-14-27-22/h3-4,7-10,20-21H,5-6,11-14H2,1-2H3/t20-,21+/m1/s1. The Bertz CT molecular complexity index is 873. The summed E-state index contributed by atoms with van der Waals surface area (Å²) >= 11 is 1.88. The van der Waals surface area contributed by atoms with Gasteiger partial charge in [-0.25, -0.2) is 0 Å². The average molecular weight is 379 g/mol. The normalized spacial score (nSPS) is 24.4. The van der Waals surface area contributed by atoms with E-state index in [4.69, 9.17) is 4.99 Å². The maximum Gasteiger partial charge on any atom is 0.160 e. The number of anilines is 1. The summed E-state index contributed by atoms with van der Waals surface area (Å²) in [6.45, 7) is 8.04. The molecule has 2 saturated heterocycles. The molecule has 1 aromatic carbocycles. The fourth-order valence-electron chi connectivity index (χ4n) is 4.71. The Morgan fingerprint density at radius 1 is 1.00 bits per heavy atom. The third-order valence-electron chi connectivity index (χ3n) is 6.25. The van der Waals surface area contributed by atoms with Gasteiger partial charge in [-0.1, -0.05) is 23.9 Å². The zero-order valence-electron chi connectivity index (χ0n) is 16.1. The highest BCUT2D eigenvalue weighted by Crippen LogP contribution is 2.47. The third-order valence-corrected chi connectivity index (χ3v) is 7.23. The minimum atomic E-state index is 0.0877. The van der Waals surface area contributed by atoms with E-state index >= 15 is 0 Å². The van der Waals surface area contributed by atoms with Crippen LogP contribution in [-0.2, 0) is 0 Å². The second-order valence-corrected chi connectivity index (χ2v) is 8.78. The summed E-state index contributed by atoms with van der Waals surface area (Å²) in [5, 5.41) is 1.19. The van der Waals surface area contributed by atoms with Crippen LogP contribution in [0.4, 0.5) is 5.69 Å². The van der Waals surface area contributed by atoms with Gasteiger partial charge in [-0.3, -0.25) is 9.98 Å². The fraction of sp³-hybridized carbons (Fsp3) is 0.455. The lowest BCUT2D eigenvalue weighted by Gasteiger charge is -2.30. The lowest BCUT2D eigenvalue weighted by molar-refractivity contribution is 0.331. The number of nitrogens with zero attached hydrogens (tertiary/aromatic N) is 4. The Morgan fingerprint density at radius 3 is 2.63 bits per heavy atom. The van der Waals surface area contributed by atoms with E-state index in [1.807, 2.05) is 24.0 Å². The maximum absolute atomic E-state index is 5.08. The van der Waals surface area contributed by atoms with E-state index < -0.39 is 0 Å². The molecule has 27 heavy (non-hydrogen) atoms. The summed E-state index contributed by atoms with van der Waals surface area (Å²) in [7, 11) is 0. The Kier molecular flexibility index (Phi) is 4.35. The van der Waals surface area contributed by atoms with Gasteiger partial charge < -0.3 is 9.80 Å². The van der Waals surface area contributed by atoms with Crippen molar-refractivity contribution in [3.63, 3.8) is 0 Å². The molecule has 2 fully saturated rings. The molecular weight excluding hydrogens is 352 g/mol. The largest absolute Gasteiger partial charge is 0.371 e. The molecule has 3 aliphatic rings. The van der Waals surface area contributed by atoms with Crippen LogP contribution in [0.1, 0.15) is 47.3 Å². The zero-order chi connectivity index (χ0) is 18.4. The smallest absolute Gasteiger partial charge is 0.160 e. The van der Waals surface area contributed by atoms with Gasteiger partial charge >= 0.3 is 0 Å². The van der Waals surface area contributed by atoms with Crippen molar-refractivity contribution in [2.75, 3.05) is 30.3 Å². The van der Waals surface area contributed by atoms with Crippen LogP contribution in [0.15, 0.2) is 41.5 Å². The number of thioether (sulfide) groups is 1. The van der Waals surface area contributed by atoms with Gasteiger partial charge in [0.1, 0.15) is 6.04 Å². The van der Waals surface area contributed by atoms with E-state index in [0.29, 0.717) is 0 Å². The molecule has 0 unspecified atom stereocenters. The third kappa shape index (κ3) is 2.83. The van der Waals surface area contributed by atoms with Gasteiger partial charge in [0.2, 0.25) is 0 Å². The van der Waals surface area contributed by atoms with Gasteiger partial charge in [-0.2, -0.15) is 0 Å². The number of rotatable bonds is 3. The van der Waals surface area contributed by atoms with Crippen molar-refractivity contribution in [3.05, 3.63) is 58.9 Å². The first-order chi connectivity index (χ1) is 13.2. The number of aliphatic imine (C=N–C) groups is 1. The maximum atomic E-state index is 5.08. The molecule has 140 valence electrons. The number of amidine groups is 1. The molecule has 4 heterocycles. The summed E-state index contributed by atoms with van der Waals surface area (Å²) < 4.78 is 0. The lowest BCUT2D eigenvalue weighted by Crippen LogP contribution is -2.28. The molecule has 5 rings (SSSR count). The summed E-state index contributed by atoms with van der Waals surface area (Å²) in [5.41, 5.74) is 6.74. The van der Waals surface area contributed by atoms with E-state index in [9.17, 15) is 0 Å². The van der Waals surface area contributed by atoms with Crippen molar-refractivity contribution in [3.8, 4) is 0 Å². The van der Waals surface area contributed by atoms with Gasteiger partial charge in [0, 0.05) is 37.3 Å². The van der Waals surface area contributed by atoms with Crippen LogP contribution >= 0.6 is 11.8 Å². The number of benzene rings is 1. The van der Waals surface area contributed by atoms with Crippen molar-refractivity contribution in [1.29, 1.82) is 0 Å². The second-order valence-electron chi connectivity index (χ2n) is 7.72. The molecule has 0 N–H and O–H groups in total. The van der Waals surface area contributed by atoms with Gasteiger partial charge in [0.15, 0.2) is 5.17 Å². The van der Waals surface area contributed by atoms with Crippen LogP contribution < -0.4 is 4.90 Å². The molecule has 4 nitrogen and oxygen atoms in total. The fourth-order valence-corrected chi connectivity index (χ4v) is 5.74. The van der Waals surface area contributed by atoms with E-state index in [1.165, 1.54) is 53.5 Å². The summed E-state index contributed by atoms with van der Waals surface area (Å²) in [5.74, 6) is 1.13. The van der Waals surface area contributed by atoms with Crippen LogP contribution in [-0.4, -0.2) is 40.4 Å². The first kappa shape index (κ1) is 17.1.